The lowest BCUT2D eigenvalue weighted by atomic mass is 9.87. The molecule has 9 heteroatoms. The van der Waals surface area contributed by atoms with Crippen LogP contribution in [0.3, 0.4) is 0 Å². The monoisotopic (exact) mass is 418 g/mol. The Bertz CT molecular complexity index is 964. The van der Waals surface area contributed by atoms with Crippen molar-refractivity contribution in [3.8, 4) is 0 Å². The van der Waals surface area contributed by atoms with Crippen molar-refractivity contribution in [2.24, 2.45) is 0 Å². The van der Waals surface area contributed by atoms with Crippen molar-refractivity contribution < 1.29 is 24.0 Å². The van der Waals surface area contributed by atoms with Gasteiger partial charge in [-0.3, -0.25) is 25.0 Å². The minimum atomic E-state index is -1.02. The summed E-state index contributed by atoms with van der Waals surface area (Å²) >= 11 is 5.84. The van der Waals surface area contributed by atoms with Crippen LogP contribution in [0.1, 0.15) is 47.1 Å². The number of carbonyl (C=O) groups excluding carboxylic acids is 3. The Morgan fingerprint density at radius 2 is 1.72 bits per heavy atom. The number of non-ortho nitro benzene ring substituents is 1. The van der Waals surface area contributed by atoms with Gasteiger partial charge in [-0.05, 0) is 29.2 Å². The molecule has 2 aromatic carbocycles. The summed E-state index contributed by atoms with van der Waals surface area (Å²) < 4.78 is 4.80. The van der Waals surface area contributed by atoms with E-state index < -0.39 is 29.3 Å². The molecular formula is C20H19ClN2O6. The third kappa shape index (κ3) is 5.86. The molecule has 0 spiro atoms. The fraction of sp³-hybridized carbons (Fsp3) is 0.250. The first-order valence-electron chi connectivity index (χ1n) is 8.55. The van der Waals surface area contributed by atoms with Gasteiger partial charge in [0, 0.05) is 17.7 Å². The number of halogens is 1. The molecule has 0 fully saturated rings. The largest absolute Gasteiger partial charge is 0.452 e. The van der Waals surface area contributed by atoms with Crippen molar-refractivity contribution in [2.45, 2.75) is 26.2 Å². The molecule has 2 aromatic rings. The van der Waals surface area contributed by atoms with E-state index in [1.54, 1.807) is 24.3 Å². The average Bonchev–Trinajstić information content (AvgIpc) is 2.65. The van der Waals surface area contributed by atoms with Gasteiger partial charge in [-0.1, -0.05) is 44.5 Å². The fourth-order valence-corrected chi connectivity index (χ4v) is 2.54. The number of benzene rings is 2. The van der Waals surface area contributed by atoms with Crippen LogP contribution in [-0.2, 0) is 14.9 Å². The van der Waals surface area contributed by atoms with E-state index in [4.69, 9.17) is 16.3 Å². The van der Waals surface area contributed by atoms with Gasteiger partial charge >= 0.3 is 5.97 Å². The molecule has 2 rings (SSSR count). The van der Waals surface area contributed by atoms with Crippen LogP contribution < -0.4 is 5.32 Å². The second kappa shape index (κ2) is 8.83. The summed E-state index contributed by atoms with van der Waals surface area (Å²) in [6.45, 7) is 5.36. The number of amides is 2. The Morgan fingerprint density at radius 3 is 2.28 bits per heavy atom. The zero-order chi connectivity index (χ0) is 21.8. The summed E-state index contributed by atoms with van der Waals surface area (Å²) in [5.74, 6) is -2.50. The third-order valence-electron chi connectivity index (χ3n) is 3.98. The van der Waals surface area contributed by atoms with Crippen molar-refractivity contribution in [2.75, 3.05) is 6.61 Å². The molecule has 0 aliphatic heterocycles. The van der Waals surface area contributed by atoms with Gasteiger partial charge in [0.2, 0.25) is 0 Å². The maximum atomic E-state index is 12.1. The molecule has 0 bridgehead atoms. The Hall–Kier alpha value is -3.26. The number of imide groups is 1. The number of carbonyl (C=O) groups is 3. The molecule has 2 amide bonds. The maximum absolute atomic E-state index is 12.1. The zero-order valence-corrected chi connectivity index (χ0v) is 16.8. The van der Waals surface area contributed by atoms with E-state index in [1.807, 2.05) is 20.8 Å². The molecule has 0 unspecified atom stereocenters. The number of nitrogens with one attached hydrogen (secondary N) is 1. The summed E-state index contributed by atoms with van der Waals surface area (Å²) in [6.07, 6.45) is 0. The molecular weight excluding hydrogens is 400 g/mol. The first-order valence-corrected chi connectivity index (χ1v) is 8.92. The summed E-state index contributed by atoms with van der Waals surface area (Å²) in [5.41, 5.74) is 0.632. The lowest BCUT2D eigenvalue weighted by Gasteiger charge is -2.19. The Kier molecular flexibility index (Phi) is 6.71. The minimum absolute atomic E-state index is 0.0592. The fourth-order valence-electron chi connectivity index (χ4n) is 2.35. The van der Waals surface area contributed by atoms with E-state index >= 15 is 0 Å². The number of nitro benzene ring substituents is 1. The number of nitro groups is 1. The summed E-state index contributed by atoms with van der Waals surface area (Å²) in [4.78, 5) is 46.2. The van der Waals surface area contributed by atoms with Gasteiger partial charge in [0.1, 0.15) is 0 Å². The molecule has 0 aromatic heterocycles. The van der Waals surface area contributed by atoms with Gasteiger partial charge in [-0.15, -0.1) is 0 Å². The topological polar surface area (TPSA) is 116 Å². The normalized spacial score (nSPS) is 10.9. The summed E-state index contributed by atoms with van der Waals surface area (Å²) in [6, 6.07) is 10.0. The average molecular weight is 419 g/mol. The molecule has 0 heterocycles. The third-order valence-corrected chi connectivity index (χ3v) is 4.31. The Labute approximate surface area is 172 Å². The molecule has 0 atom stereocenters. The lowest BCUT2D eigenvalue weighted by molar-refractivity contribution is -0.384. The highest BCUT2D eigenvalue weighted by molar-refractivity contribution is 6.33. The minimum Gasteiger partial charge on any atom is -0.452 e. The summed E-state index contributed by atoms with van der Waals surface area (Å²) in [5, 5.41) is 12.8. The van der Waals surface area contributed by atoms with Crippen molar-refractivity contribution in [3.05, 3.63) is 74.3 Å². The number of ether oxygens (including phenoxy) is 1. The molecule has 0 saturated carbocycles. The maximum Gasteiger partial charge on any atom is 0.340 e. The SMILES string of the molecule is CC(C)(C)c1ccc(C(=O)NC(=O)COC(=O)c2cc([N+](=O)[O-])ccc2Cl)cc1. The van der Waals surface area contributed by atoms with Crippen LogP contribution in [0.15, 0.2) is 42.5 Å². The highest BCUT2D eigenvalue weighted by Gasteiger charge is 2.19. The molecule has 29 heavy (non-hydrogen) atoms. The molecule has 0 aliphatic rings. The van der Waals surface area contributed by atoms with E-state index in [0.29, 0.717) is 0 Å². The van der Waals surface area contributed by atoms with Gasteiger partial charge in [0.25, 0.3) is 17.5 Å². The number of nitrogens with zero attached hydrogens (tertiary/aromatic N) is 1. The van der Waals surface area contributed by atoms with Crippen LogP contribution in [0.25, 0.3) is 0 Å². The van der Waals surface area contributed by atoms with Crippen molar-refractivity contribution >= 4 is 35.1 Å². The van der Waals surface area contributed by atoms with Gasteiger partial charge < -0.3 is 4.74 Å². The van der Waals surface area contributed by atoms with Gasteiger partial charge in [0.15, 0.2) is 6.61 Å². The van der Waals surface area contributed by atoms with Crippen LogP contribution >= 0.6 is 11.6 Å². The predicted octanol–water partition coefficient (Wildman–Crippen LogP) is 3.66. The van der Waals surface area contributed by atoms with E-state index in [1.165, 1.54) is 6.07 Å². The van der Waals surface area contributed by atoms with Crippen LogP contribution in [0.2, 0.25) is 5.02 Å². The van der Waals surface area contributed by atoms with Crippen molar-refractivity contribution in [1.29, 1.82) is 0 Å². The van der Waals surface area contributed by atoms with Crippen LogP contribution in [0.5, 0.6) is 0 Å². The standard InChI is InChI=1S/C20H19ClN2O6/c1-20(2,3)13-6-4-12(5-7-13)18(25)22-17(24)11-29-19(26)15-10-14(23(27)28)8-9-16(15)21/h4-10H,11H2,1-3H3,(H,22,24,25). The first kappa shape index (κ1) is 22.0. The van der Waals surface area contributed by atoms with E-state index in [0.717, 1.165) is 17.7 Å². The van der Waals surface area contributed by atoms with Gasteiger partial charge in [-0.2, -0.15) is 0 Å². The zero-order valence-electron chi connectivity index (χ0n) is 16.0. The Balaban J connectivity index is 1.96. The van der Waals surface area contributed by atoms with E-state index in [-0.39, 0.29) is 27.3 Å². The van der Waals surface area contributed by atoms with Crippen LogP contribution in [0, 0.1) is 10.1 Å². The second-order valence-corrected chi connectivity index (χ2v) is 7.61. The smallest absolute Gasteiger partial charge is 0.340 e. The molecule has 0 saturated heterocycles. The molecule has 152 valence electrons. The summed E-state index contributed by atoms with van der Waals surface area (Å²) in [7, 11) is 0. The number of hydrogen-bond donors (Lipinski definition) is 1. The molecule has 0 radical (unpaired) electrons. The molecule has 8 nitrogen and oxygen atoms in total. The van der Waals surface area contributed by atoms with E-state index in [2.05, 4.69) is 5.32 Å². The number of hydrogen-bond acceptors (Lipinski definition) is 6. The van der Waals surface area contributed by atoms with Crippen LogP contribution in [-0.4, -0.2) is 29.3 Å². The van der Waals surface area contributed by atoms with Crippen LogP contribution in [0.4, 0.5) is 5.69 Å². The number of rotatable bonds is 5. The molecule has 0 aliphatic carbocycles. The molecule has 1 N–H and O–H groups in total. The quantitative estimate of drug-likeness (QED) is 0.450. The number of esters is 1. The lowest BCUT2D eigenvalue weighted by Crippen LogP contribution is -2.34. The van der Waals surface area contributed by atoms with E-state index in [9.17, 15) is 24.5 Å². The second-order valence-electron chi connectivity index (χ2n) is 7.20. The van der Waals surface area contributed by atoms with Gasteiger partial charge in [-0.25, -0.2) is 4.79 Å². The predicted molar refractivity (Wildman–Crippen MR) is 106 cm³/mol. The highest BCUT2D eigenvalue weighted by Crippen LogP contribution is 2.23. The van der Waals surface area contributed by atoms with Crippen molar-refractivity contribution in [1.82, 2.24) is 5.32 Å². The Morgan fingerprint density at radius 1 is 1.10 bits per heavy atom. The van der Waals surface area contributed by atoms with Gasteiger partial charge in [0.05, 0.1) is 15.5 Å². The first-order chi connectivity index (χ1) is 13.5. The van der Waals surface area contributed by atoms with Crippen molar-refractivity contribution in [3.63, 3.8) is 0 Å². The highest BCUT2D eigenvalue weighted by atomic mass is 35.5.